The predicted molar refractivity (Wildman–Crippen MR) is 71.1 cm³/mol. The highest BCUT2D eigenvalue weighted by Crippen LogP contribution is 2.30. The summed E-state index contributed by atoms with van der Waals surface area (Å²) in [6.07, 6.45) is 7.09. The molecule has 2 fully saturated rings. The topological polar surface area (TPSA) is 26.7 Å². The van der Waals surface area contributed by atoms with Crippen LogP contribution >= 0.6 is 0 Å². The van der Waals surface area contributed by atoms with Crippen LogP contribution in [0.4, 0.5) is 0 Å². The molecule has 2 aliphatic rings. The SMILES string of the molecule is CCC1CCCC(N2CCN(CCO)CC2)C1. The van der Waals surface area contributed by atoms with E-state index >= 15 is 0 Å². The van der Waals surface area contributed by atoms with Crippen molar-refractivity contribution in [3.05, 3.63) is 0 Å². The van der Waals surface area contributed by atoms with E-state index in [9.17, 15) is 0 Å². The number of nitrogens with zero attached hydrogens (tertiary/aromatic N) is 2. The zero-order chi connectivity index (χ0) is 12.1. The maximum absolute atomic E-state index is 8.94. The standard InChI is InChI=1S/C14H28N2O/c1-2-13-4-3-5-14(12-13)16-8-6-15(7-9-16)10-11-17/h13-14,17H,2-12H2,1H3. The maximum atomic E-state index is 8.94. The van der Waals surface area contributed by atoms with E-state index in [0.717, 1.165) is 31.6 Å². The number of aliphatic hydroxyl groups is 1. The third-order valence-corrected chi connectivity index (χ3v) is 4.67. The molecule has 1 aliphatic heterocycles. The molecule has 3 heteroatoms. The third-order valence-electron chi connectivity index (χ3n) is 4.67. The Morgan fingerprint density at radius 1 is 1.12 bits per heavy atom. The van der Waals surface area contributed by atoms with E-state index < -0.39 is 0 Å². The molecule has 1 heterocycles. The fourth-order valence-corrected chi connectivity index (χ4v) is 3.46. The predicted octanol–water partition coefficient (Wildman–Crippen LogP) is 1.57. The molecule has 100 valence electrons. The zero-order valence-electron chi connectivity index (χ0n) is 11.3. The average molecular weight is 240 g/mol. The van der Waals surface area contributed by atoms with Crippen LogP contribution in [0.2, 0.25) is 0 Å². The first-order chi connectivity index (χ1) is 8.33. The van der Waals surface area contributed by atoms with Gasteiger partial charge < -0.3 is 5.11 Å². The molecule has 2 atom stereocenters. The van der Waals surface area contributed by atoms with E-state index in [0.29, 0.717) is 6.61 Å². The Kier molecular flexibility index (Phi) is 5.26. The lowest BCUT2D eigenvalue weighted by molar-refractivity contribution is 0.0589. The van der Waals surface area contributed by atoms with Crippen LogP contribution in [0.25, 0.3) is 0 Å². The zero-order valence-corrected chi connectivity index (χ0v) is 11.3. The Labute approximate surface area is 106 Å². The molecule has 0 spiro atoms. The molecular weight excluding hydrogens is 212 g/mol. The summed E-state index contributed by atoms with van der Waals surface area (Å²) in [4.78, 5) is 5.09. The molecule has 0 aromatic carbocycles. The van der Waals surface area contributed by atoms with Crippen molar-refractivity contribution in [3.63, 3.8) is 0 Å². The van der Waals surface area contributed by atoms with E-state index in [-0.39, 0.29) is 0 Å². The van der Waals surface area contributed by atoms with Gasteiger partial charge >= 0.3 is 0 Å². The Balaban J connectivity index is 1.76. The largest absolute Gasteiger partial charge is 0.395 e. The summed E-state index contributed by atoms with van der Waals surface area (Å²) in [7, 11) is 0. The van der Waals surface area contributed by atoms with Crippen molar-refractivity contribution < 1.29 is 5.11 Å². The Morgan fingerprint density at radius 2 is 1.88 bits per heavy atom. The summed E-state index contributed by atoms with van der Waals surface area (Å²) < 4.78 is 0. The van der Waals surface area contributed by atoms with Gasteiger partial charge in [0.15, 0.2) is 0 Å². The van der Waals surface area contributed by atoms with Gasteiger partial charge in [0.2, 0.25) is 0 Å². The number of hydrogen-bond donors (Lipinski definition) is 1. The molecule has 1 saturated carbocycles. The van der Waals surface area contributed by atoms with E-state index in [1.165, 1.54) is 45.2 Å². The smallest absolute Gasteiger partial charge is 0.0558 e. The lowest BCUT2D eigenvalue weighted by Crippen LogP contribution is -2.51. The Hall–Kier alpha value is -0.120. The van der Waals surface area contributed by atoms with E-state index in [4.69, 9.17) is 5.11 Å². The second-order valence-electron chi connectivity index (χ2n) is 5.70. The molecule has 0 amide bonds. The van der Waals surface area contributed by atoms with Gasteiger partial charge in [-0.2, -0.15) is 0 Å². The molecule has 17 heavy (non-hydrogen) atoms. The van der Waals surface area contributed by atoms with Crippen molar-refractivity contribution in [2.45, 2.75) is 45.1 Å². The third kappa shape index (κ3) is 3.67. The first-order valence-corrected chi connectivity index (χ1v) is 7.40. The second kappa shape index (κ2) is 6.72. The summed E-state index contributed by atoms with van der Waals surface area (Å²) >= 11 is 0. The minimum Gasteiger partial charge on any atom is -0.395 e. The molecule has 1 N–H and O–H groups in total. The van der Waals surface area contributed by atoms with Crippen LogP contribution < -0.4 is 0 Å². The van der Waals surface area contributed by atoms with Crippen molar-refractivity contribution in [2.75, 3.05) is 39.3 Å². The van der Waals surface area contributed by atoms with Gasteiger partial charge in [0.1, 0.15) is 0 Å². The Bertz CT molecular complexity index is 214. The van der Waals surface area contributed by atoms with Gasteiger partial charge in [0.05, 0.1) is 6.61 Å². The minimum absolute atomic E-state index is 0.307. The molecule has 0 bridgehead atoms. The molecule has 0 aromatic heterocycles. The molecule has 0 aromatic rings. The molecular formula is C14H28N2O. The Morgan fingerprint density at radius 3 is 2.53 bits per heavy atom. The van der Waals surface area contributed by atoms with Gasteiger partial charge in [-0.25, -0.2) is 0 Å². The quantitative estimate of drug-likeness (QED) is 0.808. The summed E-state index contributed by atoms with van der Waals surface area (Å²) in [6.45, 7) is 8.22. The van der Waals surface area contributed by atoms with Crippen LogP contribution in [-0.4, -0.2) is 60.3 Å². The highest BCUT2D eigenvalue weighted by Gasteiger charge is 2.28. The maximum Gasteiger partial charge on any atom is 0.0558 e. The summed E-state index contributed by atoms with van der Waals surface area (Å²) in [5, 5.41) is 8.94. The average Bonchev–Trinajstić information content (AvgIpc) is 2.40. The van der Waals surface area contributed by atoms with E-state index in [1.807, 2.05) is 0 Å². The van der Waals surface area contributed by atoms with Gasteiger partial charge in [-0.15, -0.1) is 0 Å². The monoisotopic (exact) mass is 240 g/mol. The van der Waals surface area contributed by atoms with Gasteiger partial charge in [0.25, 0.3) is 0 Å². The number of rotatable bonds is 4. The molecule has 2 unspecified atom stereocenters. The normalized spacial score (nSPS) is 32.8. The van der Waals surface area contributed by atoms with Crippen molar-refractivity contribution in [1.82, 2.24) is 9.80 Å². The van der Waals surface area contributed by atoms with Crippen LogP contribution in [0.15, 0.2) is 0 Å². The van der Waals surface area contributed by atoms with Crippen molar-refractivity contribution in [1.29, 1.82) is 0 Å². The molecule has 1 aliphatic carbocycles. The van der Waals surface area contributed by atoms with Gasteiger partial charge in [-0.1, -0.05) is 26.2 Å². The molecule has 0 radical (unpaired) electrons. The number of piperazine rings is 1. The molecule has 2 rings (SSSR count). The van der Waals surface area contributed by atoms with Gasteiger partial charge in [-0.05, 0) is 18.8 Å². The van der Waals surface area contributed by atoms with Gasteiger partial charge in [-0.3, -0.25) is 9.80 Å². The second-order valence-corrected chi connectivity index (χ2v) is 5.70. The highest BCUT2D eigenvalue weighted by molar-refractivity contribution is 4.83. The number of hydrogen-bond acceptors (Lipinski definition) is 3. The van der Waals surface area contributed by atoms with Crippen LogP contribution in [0.1, 0.15) is 39.0 Å². The van der Waals surface area contributed by atoms with E-state index in [2.05, 4.69) is 16.7 Å². The van der Waals surface area contributed by atoms with Crippen LogP contribution in [0, 0.1) is 5.92 Å². The van der Waals surface area contributed by atoms with Crippen molar-refractivity contribution in [2.24, 2.45) is 5.92 Å². The highest BCUT2D eigenvalue weighted by atomic mass is 16.3. The minimum atomic E-state index is 0.307. The number of aliphatic hydroxyl groups excluding tert-OH is 1. The first kappa shape index (κ1) is 13.3. The van der Waals surface area contributed by atoms with Crippen LogP contribution in [0.3, 0.4) is 0 Å². The molecule has 1 saturated heterocycles. The fraction of sp³-hybridized carbons (Fsp3) is 1.00. The van der Waals surface area contributed by atoms with Crippen molar-refractivity contribution >= 4 is 0 Å². The summed E-state index contributed by atoms with van der Waals surface area (Å²) in [6, 6.07) is 0.852. The lowest BCUT2D eigenvalue weighted by atomic mass is 9.83. The molecule has 3 nitrogen and oxygen atoms in total. The summed E-state index contributed by atoms with van der Waals surface area (Å²) in [5.41, 5.74) is 0. The van der Waals surface area contributed by atoms with E-state index in [1.54, 1.807) is 0 Å². The summed E-state index contributed by atoms with van der Waals surface area (Å²) in [5.74, 6) is 0.976. The van der Waals surface area contributed by atoms with Crippen molar-refractivity contribution in [3.8, 4) is 0 Å². The first-order valence-electron chi connectivity index (χ1n) is 7.40. The lowest BCUT2D eigenvalue weighted by Gasteiger charge is -2.42. The van der Waals surface area contributed by atoms with Gasteiger partial charge in [0, 0.05) is 38.8 Å². The number of β-amino-alcohol motifs (C(OH)–C–C–N with tert-alkyl or cyclic N) is 1. The van der Waals surface area contributed by atoms with Crippen LogP contribution in [-0.2, 0) is 0 Å². The van der Waals surface area contributed by atoms with Crippen LogP contribution in [0.5, 0.6) is 0 Å². The fourth-order valence-electron chi connectivity index (χ4n) is 3.46.